The second-order valence-corrected chi connectivity index (χ2v) is 6.99. The third-order valence-electron chi connectivity index (χ3n) is 4.41. The normalized spacial score (nSPS) is 10.8. The van der Waals surface area contributed by atoms with E-state index in [4.69, 9.17) is 16.3 Å². The van der Waals surface area contributed by atoms with Gasteiger partial charge in [-0.3, -0.25) is 18.7 Å². The fourth-order valence-corrected chi connectivity index (χ4v) is 2.83. The van der Waals surface area contributed by atoms with Crippen molar-refractivity contribution >= 4 is 23.3 Å². The Morgan fingerprint density at radius 3 is 2.45 bits per heavy atom. The van der Waals surface area contributed by atoms with Gasteiger partial charge in [0.1, 0.15) is 11.6 Å². The fourth-order valence-electron chi connectivity index (χ4n) is 2.72. The number of hydrogen-bond donors (Lipinski definition) is 1. The molecule has 0 bridgehead atoms. The van der Waals surface area contributed by atoms with Crippen molar-refractivity contribution in [3.05, 3.63) is 73.1 Å². The number of amides is 1. The van der Waals surface area contributed by atoms with Gasteiger partial charge >= 0.3 is 5.69 Å². The summed E-state index contributed by atoms with van der Waals surface area (Å²) in [4.78, 5) is 36.2. The Morgan fingerprint density at radius 1 is 1.14 bits per heavy atom. The molecule has 0 unspecified atom stereocenters. The molecule has 29 heavy (non-hydrogen) atoms. The van der Waals surface area contributed by atoms with E-state index in [1.165, 1.54) is 35.5 Å². The zero-order valence-corrected chi connectivity index (χ0v) is 17.1. The first-order chi connectivity index (χ1) is 13.7. The predicted molar refractivity (Wildman–Crippen MR) is 109 cm³/mol. The molecule has 3 aromatic rings. The van der Waals surface area contributed by atoms with Crippen molar-refractivity contribution in [3.63, 3.8) is 0 Å². The molecule has 0 saturated carbocycles. The Morgan fingerprint density at radius 2 is 1.79 bits per heavy atom. The lowest BCUT2D eigenvalue weighted by molar-refractivity contribution is 0.101. The van der Waals surface area contributed by atoms with Crippen LogP contribution in [-0.4, -0.2) is 24.8 Å². The number of anilines is 1. The van der Waals surface area contributed by atoms with Crippen LogP contribution in [0.3, 0.4) is 0 Å². The van der Waals surface area contributed by atoms with Crippen molar-refractivity contribution in [1.82, 2.24) is 18.9 Å². The maximum Gasteiger partial charge on any atom is 0.332 e. The van der Waals surface area contributed by atoms with Gasteiger partial charge in [0, 0.05) is 31.4 Å². The van der Waals surface area contributed by atoms with E-state index in [9.17, 15) is 14.4 Å². The van der Waals surface area contributed by atoms with Gasteiger partial charge in [0.15, 0.2) is 12.4 Å². The molecule has 1 amide bonds. The minimum absolute atomic E-state index is 0.0843. The standard InChI is InChI=1S/C19H20ClN5O4/c1-11-7-13(8-12(2)17(11)20)29-10-25-6-5-14(22-25)18(27)21-15-9-16(26)24(4)19(28)23(15)3/h5-9H,10H2,1-4H3,(H,21,27). The zero-order valence-electron chi connectivity index (χ0n) is 16.4. The van der Waals surface area contributed by atoms with Crippen molar-refractivity contribution in [2.45, 2.75) is 20.6 Å². The van der Waals surface area contributed by atoms with Gasteiger partial charge in [-0.15, -0.1) is 0 Å². The van der Waals surface area contributed by atoms with E-state index in [2.05, 4.69) is 10.4 Å². The lowest BCUT2D eigenvalue weighted by atomic mass is 10.1. The van der Waals surface area contributed by atoms with Crippen LogP contribution >= 0.6 is 11.6 Å². The first-order valence-electron chi connectivity index (χ1n) is 8.69. The number of rotatable bonds is 5. The summed E-state index contributed by atoms with van der Waals surface area (Å²) in [7, 11) is 2.82. The molecule has 0 fully saturated rings. The average Bonchev–Trinajstić information content (AvgIpc) is 3.16. The molecule has 0 spiro atoms. The summed E-state index contributed by atoms with van der Waals surface area (Å²) in [6.45, 7) is 3.88. The Hall–Kier alpha value is -3.33. The number of aryl methyl sites for hydroxylation is 2. The minimum atomic E-state index is -0.551. The molecular weight excluding hydrogens is 398 g/mol. The summed E-state index contributed by atoms with van der Waals surface area (Å²) in [5.41, 5.74) is 0.866. The number of nitrogens with zero attached hydrogens (tertiary/aromatic N) is 4. The molecule has 2 aromatic heterocycles. The van der Waals surface area contributed by atoms with E-state index < -0.39 is 17.2 Å². The number of carbonyl (C=O) groups excluding carboxylic acids is 1. The molecule has 0 atom stereocenters. The number of carbonyl (C=O) groups is 1. The Labute approximate surface area is 171 Å². The SMILES string of the molecule is Cc1cc(OCn2ccc(C(=O)Nc3cc(=O)n(C)c(=O)n3C)n2)cc(C)c1Cl. The van der Waals surface area contributed by atoms with Crippen LogP contribution in [0.1, 0.15) is 21.6 Å². The third-order valence-corrected chi connectivity index (χ3v) is 5.01. The summed E-state index contributed by atoms with van der Waals surface area (Å²) in [6.07, 6.45) is 1.59. The zero-order chi connectivity index (χ0) is 21.3. The van der Waals surface area contributed by atoms with Gasteiger partial charge in [-0.05, 0) is 43.2 Å². The molecule has 1 aromatic carbocycles. The Bertz CT molecular complexity index is 1190. The van der Waals surface area contributed by atoms with Gasteiger partial charge < -0.3 is 10.1 Å². The maximum atomic E-state index is 12.4. The van der Waals surface area contributed by atoms with Crippen molar-refractivity contribution in [2.24, 2.45) is 14.1 Å². The molecule has 0 radical (unpaired) electrons. The van der Waals surface area contributed by atoms with Gasteiger partial charge in [0.05, 0.1) is 0 Å². The monoisotopic (exact) mass is 417 g/mol. The number of nitrogens with one attached hydrogen (secondary N) is 1. The summed E-state index contributed by atoms with van der Waals surface area (Å²) in [6, 6.07) is 6.33. The van der Waals surface area contributed by atoms with Crippen LogP contribution in [-0.2, 0) is 20.8 Å². The van der Waals surface area contributed by atoms with E-state index in [-0.39, 0.29) is 18.2 Å². The number of halogens is 1. The molecule has 1 N–H and O–H groups in total. The van der Waals surface area contributed by atoms with Gasteiger partial charge in [-0.25, -0.2) is 9.48 Å². The second-order valence-electron chi connectivity index (χ2n) is 6.61. The molecular formula is C19H20ClN5O4. The largest absolute Gasteiger partial charge is 0.471 e. The molecule has 2 heterocycles. The highest BCUT2D eigenvalue weighted by atomic mass is 35.5. The molecule has 152 valence electrons. The molecule has 0 saturated heterocycles. The lowest BCUT2D eigenvalue weighted by Gasteiger charge is -2.10. The summed E-state index contributed by atoms with van der Waals surface area (Å²) < 4.78 is 9.28. The summed E-state index contributed by atoms with van der Waals surface area (Å²) in [5.74, 6) is 0.173. The number of hydrogen-bond acceptors (Lipinski definition) is 5. The highest BCUT2D eigenvalue weighted by Gasteiger charge is 2.14. The van der Waals surface area contributed by atoms with E-state index >= 15 is 0 Å². The van der Waals surface area contributed by atoms with Crippen LogP contribution in [0.15, 0.2) is 40.1 Å². The minimum Gasteiger partial charge on any atom is -0.471 e. The topological polar surface area (TPSA) is 100 Å². The molecule has 10 heteroatoms. The molecule has 0 aliphatic carbocycles. The number of aromatic nitrogens is 4. The Kier molecular flexibility index (Phi) is 5.60. The quantitative estimate of drug-likeness (QED) is 0.682. The van der Waals surface area contributed by atoms with Crippen LogP contribution in [0.5, 0.6) is 5.75 Å². The lowest BCUT2D eigenvalue weighted by Crippen LogP contribution is -2.38. The van der Waals surface area contributed by atoms with Gasteiger partial charge in [0.2, 0.25) is 0 Å². The Balaban J connectivity index is 1.71. The number of ether oxygens (including phenoxy) is 1. The van der Waals surface area contributed by atoms with Crippen LogP contribution < -0.4 is 21.3 Å². The van der Waals surface area contributed by atoms with Crippen molar-refractivity contribution in [2.75, 3.05) is 5.32 Å². The first kappa shape index (κ1) is 20.4. The van der Waals surface area contributed by atoms with E-state index in [0.717, 1.165) is 15.7 Å². The van der Waals surface area contributed by atoms with Crippen molar-refractivity contribution in [1.29, 1.82) is 0 Å². The number of benzene rings is 1. The van der Waals surface area contributed by atoms with E-state index in [0.29, 0.717) is 10.8 Å². The smallest absolute Gasteiger partial charge is 0.332 e. The second kappa shape index (κ2) is 7.96. The maximum absolute atomic E-state index is 12.4. The van der Waals surface area contributed by atoms with Crippen LogP contribution in [0, 0.1) is 13.8 Å². The average molecular weight is 418 g/mol. The molecule has 0 aliphatic heterocycles. The van der Waals surface area contributed by atoms with Gasteiger partial charge in [-0.2, -0.15) is 5.10 Å². The first-order valence-corrected chi connectivity index (χ1v) is 9.06. The van der Waals surface area contributed by atoms with Crippen LogP contribution in [0.2, 0.25) is 5.02 Å². The van der Waals surface area contributed by atoms with Crippen molar-refractivity contribution < 1.29 is 9.53 Å². The summed E-state index contributed by atoms with van der Waals surface area (Å²) in [5, 5.41) is 7.38. The highest BCUT2D eigenvalue weighted by molar-refractivity contribution is 6.32. The van der Waals surface area contributed by atoms with Gasteiger partial charge in [0.25, 0.3) is 11.5 Å². The van der Waals surface area contributed by atoms with Crippen molar-refractivity contribution in [3.8, 4) is 5.75 Å². The van der Waals surface area contributed by atoms with Crippen LogP contribution in [0.4, 0.5) is 5.82 Å². The third kappa shape index (κ3) is 4.24. The molecule has 0 aliphatic rings. The molecule has 9 nitrogen and oxygen atoms in total. The highest BCUT2D eigenvalue weighted by Crippen LogP contribution is 2.26. The van der Waals surface area contributed by atoms with Crippen LogP contribution in [0.25, 0.3) is 0 Å². The fraction of sp³-hybridized carbons (Fsp3) is 0.263. The summed E-state index contributed by atoms with van der Waals surface area (Å²) >= 11 is 6.15. The van der Waals surface area contributed by atoms with E-state index in [1.807, 2.05) is 26.0 Å². The van der Waals surface area contributed by atoms with E-state index in [1.54, 1.807) is 6.20 Å². The predicted octanol–water partition coefficient (Wildman–Crippen LogP) is 1.84. The van der Waals surface area contributed by atoms with Gasteiger partial charge in [-0.1, -0.05) is 11.6 Å². The molecule has 3 rings (SSSR count).